The number of esters is 1. The van der Waals surface area contributed by atoms with Crippen molar-refractivity contribution in [3.8, 4) is 0 Å². The predicted molar refractivity (Wildman–Crippen MR) is 81.9 cm³/mol. The molecule has 0 unspecified atom stereocenters. The second-order valence-electron chi connectivity index (χ2n) is 6.53. The molecular formula is C17H19NO5. The standard InChI is InChI=1S/C17H19NO5/c19-16(13-2-1-3-15(8-13)18(21)22)10-23-17(20)9-14-7-11-4-5-12(14)6-11/h1-3,8,11-12,14H,4-7,9-10H2/t11-,12-,14-/m1/s1. The molecule has 122 valence electrons. The van der Waals surface area contributed by atoms with Crippen LogP contribution in [0.4, 0.5) is 5.69 Å². The minimum Gasteiger partial charge on any atom is -0.457 e. The number of nitro groups is 1. The number of ether oxygens (including phenoxy) is 1. The van der Waals surface area contributed by atoms with Gasteiger partial charge in [0.1, 0.15) is 0 Å². The number of rotatable bonds is 6. The van der Waals surface area contributed by atoms with Gasteiger partial charge in [-0.1, -0.05) is 18.6 Å². The zero-order valence-corrected chi connectivity index (χ0v) is 12.8. The molecule has 2 bridgehead atoms. The van der Waals surface area contributed by atoms with Gasteiger partial charge in [0, 0.05) is 24.1 Å². The molecular weight excluding hydrogens is 298 g/mol. The summed E-state index contributed by atoms with van der Waals surface area (Å²) < 4.78 is 5.07. The average molecular weight is 317 g/mol. The summed E-state index contributed by atoms with van der Waals surface area (Å²) in [5, 5.41) is 10.7. The highest BCUT2D eigenvalue weighted by Gasteiger charge is 2.40. The molecule has 2 aliphatic rings. The molecule has 0 N–H and O–H groups in total. The number of hydrogen-bond donors (Lipinski definition) is 0. The second kappa shape index (κ2) is 6.48. The van der Waals surface area contributed by atoms with Gasteiger partial charge >= 0.3 is 5.97 Å². The van der Waals surface area contributed by atoms with E-state index in [0.717, 1.165) is 12.3 Å². The van der Waals surface area contributed by atoms with Gasteiger partial charge in [0.15, 0.2) is 6.61 Å². The van der Waals surface area contributed by atoms with E-state index in [1.54, 1.807) is 0 Å². The van der Waals surface area contributed by atoms with Crippen LogP contribution in [0.2, 0.25) is 0 Å². The van der Waals surface area contributed by atoms with Gasteiger partial charge in [-0.25, -0.2) is 0 Å². The van der Waals surface area contributed by atoms with Gasteiger partial charge in [0.25, 0.3) is 5.69 Å². The van der Waals surface area contributed by atoms with Crippen molar-refractivity contribution in [2.24, 2.45) is 17.8 Å². The smallest absolute Gasteiger partial charge is 0.306 e. The Bertz CT molecular complexity index is 642. The molecule has 3 atom stereocenters. The van der Waals surface area contributed by atoms with Crippen molar-refractivity contribution in [2.45, 2.75) is 32.1 Å². The van der Waals surface area contributed by atoms with Crippen LogP contribution >= 0.6 is 0 Å². The van der Waals surface area contributed by atoms with Crippen molar-refractivity contribution >= 4 is 17.4 Å². The Kier molecular flexibility index (Phi) is 4.41. The first kappa shape index (κ1) is 15.6. The van der Waals surface area contributed by atoms with Gasteiger partial charge in [-0.05, 0) is 37.0 Å². The summed E-state index contributed by atoms with van der Waals surface area (Å²) in [5.41, 5.74) is 0.0380. The Balaban J connectivity index is 1.49. The molecule has 0 aliphatic heterocycles. The van der Waals surface area contributed by atoms with Crippen molar-refractivity contribution in [1.82, 2.24) is 0 Å². The number of Topliss-reactive ketones (excluding diaryl/α,β-unsaturated/α-hetero) is 1. The van der Waals surface area contributed by atoms with E-state index in [2.05, 4.69) is 0 Å². The molecule has 2 aliphatic carbocycles. The molecule has 0 radical (unpaired) electrons. The molecule has 6 nitrogen and oxygen atoms in total. The van der Waals surface area contributed by atoms with Crippen molar-refractivity contribution in [3.05, 3.63) is 39.9 Å². The van der Waals surface area contributed by atoms with Crippen LogP contribution in [0.3, 0.4) is 0 Å². The predicted octanol–water partition coefficient (Wildman–Crippen LogP) is 3.15. The molecule has 1 aromatic rings. The fraction of sp³-hybridized carbons (Fsp3) is 0.529. The van der Waals surface area contributed by atoms with E-state index in [1.165, 1.54) is 43.5 Å². The Hall–Kier alpha value is -2.24. The van der Waals surface area contributed by atoms with Crippen molar-refractivity contribution < 1.29 is 19.2 Å². The van der Waals surface area contributed by atoms with Crippen LogP contribution in [-0.4, -0.2) is 23.3 Å². The van der Waals surface area contributed by atoms with E-state index < -0.39 is 10.7 Å². The normalized spacial score (nSPS) is 25.3. The first-order chi connectivity index (χ1) is 11.0. The van der Waals surface area contributed by atoms with Gasteiger partial charge in [-0.2, -0.15) is 0 Å². The minimum atomic E-state index is -0.558. The number of carbonyl (C=O) groups excluding carboxylic acids is 2. The van der Waals surface area contributed by atoms with Crippen LogP contribution in [-0.2, 0) is 9.53 Å². The third-order valence-corrected chi connectivity index (χ3v) is 5.06. The first-order valence-corrected chi connectivity index (χ1v) is 7.96. The van der Waals surface area contributed by atoms with Crippen LogP contribution < -0.4 is 0 Å². The summed E-state index contributed by atoms with van der Waals surface area (Å²) in [6.07, 6.45) is 5.18. The number of hydrogen-bond acceptors (Lipinski definition) is 5. The van der Waals surface area contributed by atoms with Gasteiger partial charge < -0.3 is 4.74 Å². The third-order valence-electron chi connectivity index (χ3n) is 5.06. The maximum absolute atomic E-state index is 12.0. The summed E-state index contributed by atoms with van der Waals surface area (Å²) in [5.74, 6) is 1.04. The SMILES string of the molecule is O=C(C[C@H]1C[C@@H]2CC[C@@H]1C2)OCC(=O)c1cccc([N+](=O)[O-])c1. The lowest BCUT2D eigenvalue weighted by Crippen LogP contribution is -2.19. The zero-order valence-electron chi connectivity index (χ0n) is 12.8. The number of fused-ring (bicyclic) bond motifs is 2. The molecule has 0 aromatic heterocycles. The Labute approximate surface area is 134 Å². The molecule has 0 amide bonds. The van der Waals surface area contributed by atoms with Crippen LogP contribution in [0.1, 0.15) is 42.5 Å². The Morgan fingerprint density at radius 2 is 2.09 bits per heavy atom. The van der Waals surface area contributed by atoms with E-state index in [4.69, 9.17) is 4.74 Å². The van der Waals surface area contributed by atoms with E-state index in [1.807, 2.05) is 0 Å². The number of non-ortho nitro benzene ring substituents is 1. The minimum absolute atomic E-state index is 0.149. The van der Waals surface area contributed by atoms with Crippen LogP contribution in [0.5, 0.6) is 0 Å². The Morgan fingerprint density at radius 1 is 1.26 bits per heavy atom. The molecule has 0 saturated heterocycles. The van der Waals surface area contributed by atoms with Crippen molar-refractivity contribution in [1.29, 1.82) is 0 Å². The van der Waals surface area contributed by atoms with Crippen LogP contribution in [0.25, 0.3) is 0 Å². The highest BCUT2D eigenvalue weighted by molar-refractivity contribution is 5.98. The van der Waals surface area contributed by atoms with Crippen LogP contribution in [0.15, 0.2) is 24.3 Å². The second-order valence-corrected chi connectivity index (χ2v) is 6.53. The maximum Gasteiger partial charge on any atom is 0.306 e. The van der Waals surface area contributed by atoms with Crippen LogP contribution in [0, 0.1) is 27.9 Å². The fourth-order valence-electron chi connectivity index (χ4n) is 3.92. The largest absolute Gasteiger partial charge is 0.457 e. The lowest BCUT2D eigenvalue weighted by molar-refractivity contribution is -0.384. The quantitative estimate of drug-likeness (QED) is 0.348. The van der Waals surface area contributed by atoms with Gasteiger partial charge in [0.2, 0.25) is 5.78 Å². The molecule has 23 heavy (non-hydrogen) atoms. The summed E-state index contributed by atoms with van der Waals surface area (Å²) >= 11 is 0. The van der Waals surface area contributed by atoms with Gasteiger partial charge in [-0.3, -0.25) is 19.7 Å². The first-order valence-electron chi connectivity index (χ1n) is 7.96. The number of nitro benzene ring substituents is 1. The number of carbonyl (C=O) groups is 2. The molecule has 2 saturated carbocycles. The summed E-state index contributed by atoms with van der Waals surface area (Å²) in [6.45, 7) is -0.360. The third kappa shape index (κ3) is 3.57. The lowest BCUT2D eigenvalue weighted by Gasteiger charge is -2.20. The number of benzene rings is 1. The monoisotopic (exact) mass is 317 g/mol. The molecule has 2 fully saturated rings. The summed E-state index contributed by atoms with van der Waals surface area (Å²) in [7, 11) is 0. The summed E-state index contributed by atoms with van der Waals surface area (Å²) in [6, 6.07) is 5.45. The van der Waals surface area contributed by atoms with Crippen molar-refractivity contribution in [2.75, 3.05) is 6.61 Å². The molecule has 6 heteroatoms. The maximum atomic E-state index is 12.0. The molecule has 0 spiro atoms. The van der Waals surface area contributed by atoms with Gasteiger partial charge in [0.05, 0.1) is 4.92 Å². The molecule has 1 aromatic carbocycles. The summed E-state index contributed by atoms with van der Waals surface area (Å²) in [4.78, 5) is 34.0. The van der Waals surface area contributed by atoms with E-state index in [9.17, 15) is 19.7 Å². The number of ketones is 1. The topological polar surface area (TPSA) is 86.5 Å². The molecule has 0 heterocycles. The lowest BCUT2D eigenvalue weighted by atomic mass is 9.86. The van der Waals surface area contributed by atoms with Crippen molar-refractivity contribution in [3.63, 3.8) is 0 Å². The Morgan fingerprint density at radius 3 is 2.74 bits per heavy atom. The fourth-order valence-corrected chi connectivity index (χ4v) is 3.92. The van der Waals surface area contributed by atoms with E-state index >= 15 is 0 Å². The highest BCUT2D eigenvalue weighted by Crippen LogP contribution is 2.49. The van der Waals surface area contributed by atoms with E-state index in [0.29, 0.717) is 18.3 Å². The number of nitrogens with zero attached hydrogens (tertiary/aromatic N) is 1. The van der Waals surface area contributed by atoms with E-state index in [-0.39, 0.29) is 23.8 Å². The highest BCUT2D eigenvalue weighted by atomic mass is 16.6. The van der Waals surface area contributed by atoms with Gasteiger partial charge in [-0.15, -0.1) is 0 Å². The molecule has 3 rings (SSSR count). The zero-order chi connectivity index (χ0) is 16.4. The average Bonchev–Trinajstić information content (AvgIpc) is 3.15.